The van der Waals surface area contributed by atoms with Crippen molar-refractivity contribution in [2.24, 2.45) is 7.05 Å². The molecule has 25 heavy (non-hydrogen) atoms. The number of aliphatic hydroxyl groups excluding tert-OH is 1. The molecule has 0 saturated carbocycles. The molecule has 132 valence electrons. The third kappa shape index (κ3) is 4.38. The maximum absolute atomic E-state index is 9.61. The van der Waals surface area contributed by atoms with Gasteiger partial charge in [0, 0.05) is 20.1 Å². The fourth-order valence-corrected chi connectivity index (χ4v) is 2.79. The van der Waals surface area contributed by atoms with Crippen LogP contribution in [0, 0.1) is 0 Å². The second-order valence-corrected chi connectivity index (χ2v) is 5.96. The number of nitrogens with zero attached hydrogens (tertiary/aromatic N) is 2. The van der Waals surface area contributed by atoms with Crippen LogP contribution in [-0.2, 0) is 24.8 Å². The van der Waals surface area contributed by atoms with Gasteiger partial charge in [-0.25, -0.2) is 4.98 Å². The summed E-state index contributed by atoms with van der Waals surface area (Å²) in [6.07, 6.45) is 0.665. The van der Waals surface area contributed by atoms with E-state index in [1.165, 1.54) is 0 Å². The van der Waals surface area contributed by atoms with Gasteiger partial charge >= 0.3 is 0 Å². The van der Waals surface area contributed by atoms with Crippen LogP contribution in [0.15, 0.2) is 48.5 Å². The molecule has 1 heterocycles. The van der Waals surface area contributed by atoms with Crippen molar-refractivity contribution in [3.8, 4) is 5.75 Å². The molecule has 5 nitrogen and oxygen atoms in total. The lowest BCUT2D eigenvalue weighted by Crippen LogP contribution is -2.12. The number of aliphatic hydroxyl groups is 1. The van der Waals surface area contributed by atoms with E-state index >= 15 is 0 Å². The second kappa shape index (κ2) is 8.14. The highest BCUT2D eigenvalue weighted by atomic mass is 16.6. The molecule has 0 spiro atoms. The quantitative estimate of drug-likeness (QED) is 0.638. The molecule has 3 aromatic rings. The van der Waals surface area contributed by atoms with E-state index in [9.17, 15) is 5.11 Å². The summed E-state index contributed by atoms with van der Waals surface area (Å²) in [5, 5.41) is 9.61. The summed E-state index contributed by atoms with van der Waals surface area (Å²) in [6, 6.07) is 16.0. The maximum atomic E-state index is 9.61. The monoisotopic (exact) mass is 340 g/mol. The minimum absolute atomic E-state index is 0.424. The Bertz CT molecular complexity index is 811. The molecule has 5 heteroatoms. The van der Waals surface area contributed by atoms with Crippen LogP contribution in [0.1, 0.15) is 24.7 Å². The Labute approximate surface area is 147 Å². The number of benzene rings is 2. The van der Waals surface area contributed by atoms with Crippen LogP contribution in [0.5, 0.6) is 5.75 Å². The van der Waals surface area contributed by atoms with Gasteiger partial charge in [0.2, 0.25) is 0 Å². The van der Waals surface area contributed by atoms with Crippen molar-refractivity contribution < 1.29 is 14.6 Å². The number of rotatable bonds is 8. The highest BCUT2D eigenvalue weighted by Crippen LogP contribution is 2.18. The Morgan fingerprint density at radius 2 is 1.88 bits per heavy atom. The van der Waals surface area contributed by atoms with E-state index in [1.54, 1.807) is 0 Å². The first-order valence-electron chi connectivity index (χ1n) is 8.59. The van der Waals surface area contributed by atoms with E-state index in [1.807, 2.05) is 56.4 Å². The number of hydrogen-bond acceptors (Lipinski definition) is 4. The SMILES string of the molecule is CCOC(O)CCc1ccc(OCc2nc3ccccc3n2C)cc1. The average Bonchev–Trinajstić information content (AvgIpc) is 2.96. The Hall–Kier alpha value is -2.37. The molecule has 1 N–H and O–H groups in total. The van der Waals surface area contributed by atoms with Gasteiger partial charge in [-0.3, -0.25) is 0 Å². The number of aromatic nitrogens is 2. The first-order valence-corrected chi connectivity index (χ1v) is 8.59. The van der Waals surface area contributed by atoms with Crippen molar-refractivity contribution in [1.82, 2.24) is 9.55 Å². The zero-order valence-electron chi connectivity index (χ0n) is 14.7. The van der Waals surface area contributed by atoms with Gasteiger partial charge in [-0.05, 0) is 43.2 Å². The van der Waals surface area contributed by atoms with E-state index in [0.717, 1.165) is 34.6 Å². The van der Waals surface area contributed by atoms with Crippen LogP contribution in [0.4, 0.5) is 0 Å². The third-order valence-corrected chi connectivity index (χ3v) is 4.21. The van der Waals surface area contributed by atoms with Gasteiger partial charge in [0.05, 0.1) is 11.0 Å². The van der Waals surface area contributed by atoms with Crippen molar-refractivity contribution in [2.75, 3.05) is 6.61 Å². The fraction of sp³-hybridized carbons (Fsp3) is 0.350. The van der Waals surface area contributed by atoms with Crippen LogP contribution >= 0.6 is 0 Å². The van der Waals surface area contributed by atoms with E-state index in [0.29, 0.717) is 19.6 Å². The number of hydrogen-bond donors (Lipinski definition) is 1. The highest BCUT2D eigenvalue weighted by molar-refractivity contribution is 5.75. The van der Waals surface area contributed by atoms with E-state index in [2.05, 4.69) is 15.6 Å². The minimum atomic E-state index is -0.696. The first kappa shape index (κ1) is 17.5. The molecular weight excluding hydrogens is 316 g/mol. The zero-order valence-corrected chi connectivity index (χ0v) is 14.7. The topological polar surface area (TPSA) is 56.5 Å². The second-order valence-electron chi connectivity index (χ2n) is 5.96. The Kier molecular flexibility index (Phi) is 5.68. The summed E-state index contributed by atoms with van der Waals surface area (Å²) in [5.41, 5.74) is 3.23. The average molecular weight is 340 g/mol. The van der Waals surface area contributed by atoms with Crippen molar-refractivity contribution in [2.45, 2.75) is 32.7 Å². The lowest BCUT2D eigenvalue weighted by molar-refractivity contribution is -0.0980. The van der Waals surface area contributed by atoms with Gasteiger partial charge in [-0.15, -0.1) is 0 Å². The molecule has 0 aliphatic rings. The number of imidazole rings is 1. The van der Waals surface area contributed by atoms with E-state index in [-0.39, 0.29) is 0 Å². The number of para-hydroxylation sites is 2. The Balaban J connectivity index is 1.57. The van der Waals surface area contributed by atoms with Gasteiger partial charge in [0.1, 0.15) is 18.2 Å². The van der Waals surface area contributed by atoms with Crippen molar-refractivity contribution in [3.63, 3.8) is 0 Å². The predicted molar refractivity (Wildman–Crippen MR) is 97.4 cm³/mol. The van der Waals surface area contributed by atoms with Gasteiger partial charge in [0.15, 0.2) is 6.29 Å². The van der Waals surface area contributed by atoms with Crippen LogP contribution < -0.4 is 4.74 Å². The van der Waals surface area contributed by atoms with E-state index < -0.39 is 6.29 Å². The molecule has 0 bridgehead atoms. The first-order chi connectivity index (χ1) is 12.2. The summed E-state index contributed by atoms with van der Waals surface area (Å²) in [6.45, 7) is 2.82. The molecule has 1 unspecified atom stereocenters. The molecule has 0 fully saturated rings. The molecular formula is C20H24N2O3. The normalized spacial score (nSPS) is 12.4. The smallest absolute Gasteiger partial charge is 0.154 e. The van der Waals surface area contributed by atoms with Crippen LogP contribution in [0.25, 0.3) is 11.0 Å². The minimum Gasteiger partial charge on any atom is -0.486 e. The molecule has 0 saturated heterocycles. The maximum Gasteiger partial charge on any atom is 0.154 e. The van der Waals surface area contributed by atoms with Crippen LogP contribution in [0.3, 0.4) is 0 Å². The summed E-state index contributed by atoms with van der Waals surface area (Å²) in [4.78, 5) is 4.61. The molecule has 1 atom stereocenters. The number of ether oxygens (including phenoxy) is 2. The van der Waals surface area contributed by atoms with Crippen molar-refractivity contribution in [3.05, 3.63) is 59.9 Å². The molecule has 2 aromatic carbocycles. The van der Waals surface area contributed by atoms with Gasteiger partial charge in [0.25, 0.3) is 0 Å². The summed E-state index contributed by atoms with van der Waals surface area (Å²) >= 11 is 0. The summed E-state index contributed by atoms with van der Waals surface area (Å²) < 4.78 is 13.1. The van der Waals surface area contributed by atoms with Gasteiger partial charge in [-0.2, -0.15) is 0 Å². The molecule has 0 amide bonds. The highest BCUT2D eigenvalue weighted by Gasteiger charge is 2.08. The third-order valence-electron chi connectivity index (χ3n) is 4.21. The molecule has 0 aliphatic heterocycles. The Morgan fingerprint density at radius 3 is 2.60 bits per heavy atom. The van der Waals surface area contributed by atoms with Crippen molar-refractivity contribution >= 4 is 11.0 Å². The predicted octanol–water partition coefficient (Wildman–Crippen LogP) is 3.44. The van der Waals surface area contributed by atoms with Gasteiger partial charge in [-0.1, -0.05) is 24.3 Å². The summed E-state index contributed by atoms with van der Waals surface area (Å²) in [7, 11) is 2.00. The fourth-order valence-electron chi connectivity index (χ4n) is 2.79. The largest absolute Gasteiger partial charge is 0.486 e. The molecule has 3 rings (SSSR count). The van der Waals surface area contributed by atoms with E-state index in [4.69, 9.17) is 9.47 Å². The number of fused-ring (bicyclic) bond motifs is 1. The van der Waals surface area contributed by atoms with Crippen LogP contribution in [0.2, 0.25) is 0 Å². The van der Waals surface area contributed by atoms with Gasteiger partial charge < -0.3 is 19.1 Å². The van der Waals surface area contributed by atoms with Crippen LogP contribution in [-0.4, -0.2) is 27.6 Å². The standard InChI is InChI=1S/C20H24N2O3/c1-3-24-20(23)13-10-15-8-11-16(12-9-15)25-14-19-21-17-6-4-5-7-18(17)22(19)2/h4-9,11-12,20,23H,3,10,13-14H2,1-2H3. The lowest BCUT2D eigenvalue weighted by Gasteiger charge is -2.11. The lowest BCUT2D eigenvalue weighted by atomic mass is 10.1. The molecule has 1 aromatic heterocycles. The Morgan fingerprint density at radius 1 is 1.12 bits per heavy atom. The molecule has 0 aliphatic carbocycles. The zero-order chi connectivity index (χ0) is 17.6. The number of aryl methyl sites for hydroxylation is 2. The summed E-state index contributed by atoms with van der Waals surface area (Å²) in [5.74, 6) is 1.70. The molecule has 0 radical (unpaired) electrons. The van der Waals surface area contributed by atoms with Crippen molar-refractivity contribution in [1.29, 1.82) is 0 Å².